The molecule has 2 saturated carbocycles. The molecule has 64 valence electrons. The summed E-state index contributed by atoms with van der Waals surface area (Å²) in [5.41, 5.74) is 1.50. The third-order valence-electron chi connectivity index (χ3n) is 4.65. The molecule has 11 heavy (non-hydrogen) atoms. The molecule has 0 N–H and O–H groups in total. The zero-order chi connectivity index (χ0) is 8.44. The van der Waals surface area contributed by atoms with E-state index in [0.29, 0.717) is 0 Å². The number of hydrogen-bond donors (Lipinski definition) is 0. The molecule has 0 heteroatoms. The highest BCUT2D eigenvalue weighted by Gasteiger charge is 2.87. The normalized spacial score (nSPS) is 59.5. The summed E-state index contributed by atoms with van der Waals surface area (Å²) in [5.74, 6) is 3.00. The second-order valence-electron chi connectivity index (χ2n) is 5.56. The van der Waals surface area contributed by atoms with Gasteiger partial charge in [0.15, 0.2) is 0 Å². The summed E-state index contributed by atoms with van der Waals surface area (Å²) in [7, 11) is 0. The predicted molar refractivity (Wildman–Crippen MR) is 48.3 cm³/mol. The van der Waals surface area contributed by atoms with E-state index >= 15 is 0 Å². The molecule has 2 aliphatic rings. The van der Waals surface area contributed by atoms with Gasteiger partial charge in [-0.25, -0.2) is 0 Å². The first kappa shape index (κ1) is 7.64. The summed E-state index contributed by atoms with van der Waals surface area (Å²) < 4.78 is 0. The van der Waals surface area contributed by atoms with Gasteiger partial charge < -0.3 is 0 Å². The van der Waals surface area contributed by atoms with Gasteiger partial charge in [-0.15, -0.1) is 0 Å². The molecule has 0 nitrogen and oxygen atoms in total. The molecule has 4 atom stereocenters. The van der Waals surface area contributed by atoms with E-state index < -0.39 is 0 Å². The Morgan fingerprint density at radius 1 is 1.27 bits per heavy atom. The molecule has 0 saturated heterocycles. The molecular formula is C11H20. The highest BCUT2D eigenvalue weighted by Crippen LogP contribution is 2.92. The van der Waals surface area contributed by atoms with E-state index in [0.717, 1.165) is 28.6 Å². The largest absolute Gasteiger partial charge is 0.0628 e. The van der Waals surface area contributed by atoms with Gasteiger partial charge >= 0.3 is 0 Å². The minimum absolute atomic E-state index is 0.737. The van der Waals surface area contributed by atoms with Gasteiger partial charge in [0.2, 0.25) is 0 Å². The zero-order valence-corrected chi connectivity index (χ0v) is 8.44. The molecule has 0 aromatic rings. The fourth-order valence-electron chi connectivity index (χ4n) is 3.85. The van der Waals surface area contributed by atoms with Crippen LogP contribution in [0.3, 0.4) is 0 Å². The molecular weight excluding hydrogens is 132 g/mol. The van der Waals surface area contributed by atoms with Crippen LogP contribution in [-0.2, 0) is 0 Å². The van der Waals surface area contributed by atoms with Crippen LogP contribution in [0.4, 0.5) is 0 Å². The Bertz CT molecular complexity index is 194. The van der Waals surface area contributed by atoms with Gasteiger partial charge in [-0.1, -0.05) is 34.6 Å². The van der Waals surface area contributed by atoms with E-state index in [1.807, 2.05) is 0 Å². The lowest BCUT2D eigenvalue weighted by Gasteiger charge is -2.26. The summed E-state index contributed by atoms with van der Waals surface area (Å²) in [6.45, 7) is 12.1. The lowest BCUT2D eigenvalue weighted by atomic mass is 9.79. The van der Waals surface area contributed by atoms with Crippen LogP contribution in [-0.4, -0.2) is 0 Å². The van der Waals surface area contributed by atoms with Crippen molar-refractivity contribution in [2.24, 2.45) is 28.6 Å². The van der Waals surface area contributed by atoms with E-state index in [2.05, 4.69) is 34.6 Å². The third-order valence-corrected chi connectivity index (χ3v) is 4.65. The maximum Gasteiger partial charge on any atom is -0.0204 e. The Kier molecular flexibility index (Phi) is 1.16. The fourth-order valence-corrected chi connectivity index (χ4v) is 3.85. The summed E-state index contributed by atoms with van der Waals surface area (Å²) in [6.07, 6.45) is 1.44. The minimum atomic E-state index is 0.737. The Morgan fingerprint density at radius 2 is 1.73 bits per heavy atom. The van der Waals surface area contributed by atoms with Gasteiger partial charge in [0.25, 0.3) is 0 Å². The van der Waals surface area contributed by atoms with Gasteiger partial charge in [-0.2, -0.15) is 0 Å². The van der Waals surface area contributed by atoms with Gasteiger partial charge in [0.05, 0.1) is 0 Å². The van der Waals surface area contributed by atoms with Crippen LogP contribution < -0.4 is 0 Å². The molecule has 0 aliphatic heterocycles. The van der Waals surface area contributed by atoms with Crippen molar-refractivity contribution in [1.29, 1.82) is 0 Å². The maximum absolute atomic E-state index is 2.48. The van der Waals surface area contributed by atoms with E-state index in [1.165, 1.54) is 6.42 Å². The molecule has 0 aromatic heterocycles. The van der Waals surface area contributed by atoms with Gasteiger partial charge in [-0.3, -0.25) is 0 Å². The number of fused-ring (bicyclic) bond motifs is 1. The van der Waals surface area contributed by atoms with Crippen molar-refractivity contribution in [2.75, 3.05) is 0 Å². The third kappa shape index (κ3) is 0.625. The first-order valence-corrected chi connectivity index (χ1v) is 4.94. The maximum atomic E-state index is 2.48. The van der Waals surface area contributed by atoms with Crippen LogP contribution in [0.25, 0.3) is 0 Å². The van der Waals surface area contributed by atoms with Crippen LogP contribution in [0.5, 0.6) is 0 Å². The quantitative estimate of drug-likeness (QED) is 0.569. The molecule has 0 aromatic carbocycles. The van der Waals surface area contributed by atoms with Crippen molar-refractivity contribution < 1.29 is 0 Å². The highest BCUT2D eigenvalue weighted by atomic mass is 14.9. The van der Waals surface area contributed by atoms with Crippen LogP contribution in [0.15, 0.2) is 0 Å². The monoisotopic (exact) mass is 152 g/mol. The van der Waals surface area contributed by atoms with Crippen molar-refractivity contribution in [3.8, 4) is 0 Å². The van der Waals surface area contributed by atoms with Crippen LogP contribution in [0.2, 0.25) is 0 Å². The zero-order valence-electron chi connectivity index (χ0n) is 8.44. The molecule has 4 unspecified atom stereocenters. The smallest absolute Gasteiger partial charge is 0.0204 e. The molecule has 0 heterocycles. The van der Waals surface area contributed by atoms with E-state index in [-0.39, 0.29) is 0 Å². The first-order valence-electron chi connectivity index (χ1n) is 4.94. The summed E-state index contributed by atoms with van der Waals surface area (Å²) in [4.78, 5) is 0. The fraction of sp³-hybridized carbons (Fsp3) is 1.00. The molecule has 0 spiro atoms. The number of hydrogen-bond acceptors (Lipinski definition) is 0. The molecule has 2 fully saturated rings. The lowest BCUT2D eigenvalue weighted by molar-refractivity contribution is 0.229. The van der Waals surface area contributed by atoms with Crippen LogP contribution in [0.1, 0.15) is 41.0 Å². The van der Waals surface area contributed by atoms with E-state index in [9.17, 15) is 0 Å². The Morgan fingerprint density at radius 3 is 2.00 bits per heavy atom. The molecule has 2 rings (SSSR count). The van der Waals surface area contributed by atoms with Gasteiger partial charge in [-0.05, 0) is 35.0 Å². The first-order chi connectivity index (χ1) is 4.94. The molecule has 2 aliphatic carbocycles. The molecule has 0 radical (unpaired) electrons. The molecule has 0 amide bonds. The summed E-state index contributed by atoms with van der Waals surface area (Å²) in [6, 6.07) is 0. The Labute approximate surface area is 70.4 Å². The van der Waals surface area contributed by atoms with Crippen molar-refractivity contribution in [1.82, 2.24) is 0 Å². The SMILES string of the molecule is CC(C)CC1(C)C2C(C)C21C. The number of rotatable bonds is 2. The average Bonchev–Trinajstić information content (AvgIpc) is 2.52. The summed E-state index contributed by atoms with van der Waals surface area (Å²) in [5, 5.41) is 0. The Hall–Kier alpha value is 0. The average molecular weight is 152 g/mol. The molecule has 0 bridgehead atoms. The topological polar surface area (TPSA) is 0 Å². The Balaban J connectivity index is 1.99. The van der Waals surface area contributed by atoms with Crippen molar-refractivity contribution >= 4 is 0 Å². The highest BCUT2D eigenvalue weighted by molar-refractivity contribution is 5.34. The van der Waals surface area contributed by atoms with E-state index in [1.54, 1.807) is 0 Å². The van der Waals surface area contributed by atoms with Crippen molar-refractivity contribution in [3.63, 3.8) is 0 Å². The minimum Gasteiger partial charge on any atom is -0.0628 e. The van der Waals surface area contributed by atoms with Crippen molar-refractivity contribution in [2.45, 2.75) is 41.0 Å². The summed E-state index contributed by atoms with van der Waals surface area (Å²) >= 11 is 0. The lowest BCUT2D eigenvalue weighted by Crippen LogP contribution is -2.18. The van der Waals surface area contributed by atoms with Crippen LogP contribution in [0, 0.1) is 28.6 Å². The van der Waals surface area contributed by atoms with Gasteiger partial charge in [0.1, 0.15) is 0 Å². The van der Waals surface area contributed by atoms with Crippen LogP contribution >= 0.6 is 0 Å². The van der Waals surface area contributed by atoms with Gasteiger partial charge in [0, 0.05) is 0 Å². The van der Waals surface area contributed by atoms with Crippen molar-refractivity contribution in [3.05, 3.63) is 0 Å². The second-order valence-corrected chi connectivity index (χ2v) is 5.56. The predicted octanol–water partition coefficient (Wildman–Crippen LogP) is 3.32. The standard InChI is InChI=1S/C11H20/c1-7(2)6-10(4)9-8(3)11(9,10)5/h7-9H,6H2,1-5H3. The van der Waals surface area contributed by atoms with E-state index in [4.69, 9.17) is 0 Å². The second kappa shape index (κ2) is 1.67.